The van der Waals surface area contributed by atoms with Gasteiger partial charge >= 0.3 is 0 Å². The summed E-state index contributed by atoms with van der Waals surface area (Å²) in [5.41, 5.74) is 9.13. The fraction of sp³-hybridized carbons (Fsp3) is 0.652. The van der Waals surface area contributed by atoms with E-state index < -0.39 is 0 Å². The van der Waals surface area contributed by atoms with E-state index in [-0.39, 0.29) is 17.2 Å². The van der Waals surface area contributed by atoms with Crippen molar-refractivity contribution < 1.29 is 9.59 Å². The summed E-state index contributed by atoms with van der Waals surface area (Å²) in [6.07, 6.45) is 12.1. The molecule has 2 amide bonds. The second-order valence-electron chi connectivity index (χ2n) is 9.69. The molecule has 4 nitrogen and oxygen atoms in total. The van der Waals surface area contributed by atoms with Gasteiger partial charge in [-0.3, -0.25) is 20.4 Å². The van der Waals surface area contributed by atoms with Gasteiger partial charge in [-0.05, 0) is 98.7 Å². The van der Waals surface area contributed by atoms with Gasteiger partial charge in [-0.15, -0.1) is 0 Å². The predicted octanol–water partition coefficient (Wildman–Crippen LogP) is 3.47. The van der Waals surface area contributed by atoms with Gasteiger partial charge in [0.1, 0.15) is 0 Å². The molecule has 0 spiro atoms. The summed E-state index contributed by atoms with van der Waals surface area (Å²) in [6, 6.07) is 6.41. The highest BCUT2D eigenvalue weighted by atomic mass is 16.2. The fourth-order valence-corrected chi connectivity index (χ4v) is 6.77. The summed E-state index contributed by atoms with van der Waals surface area (Å²) in [5.74, 6) is 2.12. The number of nitrogens with one attached hydrogen (secondary N) is 2. The maximum Gasteiger partial charge on any atom is 0.244 e. The van der Waals surface area contributed by atoms with Crippen molar-refractivity contribution in [2.24, 2.45) is 23.2 Å². The van der Waals surface area contributed by atoms with Gasteiger partial charge in [-0.1, -0.05) is 18.2 Å². The summed E-state index contributed by atoms with van der Waals surface area (Å²) in [7, 11) is 0. The first-order chi connectivity index (χ1) is 13.1. The van der Waals surface area contributed by atoms with Crippen molar-refractivity contribution in [2.75, 3.05) is 0 Å². The van der Waals surface area contributed by atoms with Gasteiger partial charge in [0.05, 0.1) is 11.8 Å². The second-order valence-corrected chi connectivity index (χ2v) is 9.69. The Labute approximate surface area is 161 Å². The summed E-state index contributed by atoms with van der Waals surface area (Å²) in [4.78, 5) is 25.3. The Hall–Kier alpha value is -1.84. The molecule has 0 radical (unpaired) electrons. The molecule has 4 saturated carbocycles. The topological polar surface area (TPSA) is 58.2 Å². The zero-order valence-corrected chi connectivity index (χ0v) is 16.1. The summed E-state index contributed by atoms with van der Waals surface area (Å²) >= 11 is 0. The van der Waals surface area contributed by atoms with Crippen molar-refractivity contribution in [3.63, 3.8) is 0 Å². The molecule has 4 fully saturated rings. The number of aryl methyl sites for hydroxylation is 2. The van der Waals surface area contributed by atoms with Crippen molar-refractivity contribution in [1.29, 1.82) is 0 Å². The molecule has 144 valence electrons. The smallest absolute Gasteiger partial charge is 0.244 e. The Morgan fingerprint density at radius 3 is 2.19 bits per heavy atom. The molecule has 27 heavy (non-hydrogen) atoms. The van der Waals surface area contributed by atoms with E-state index in [0.29, 0.717) is 6.42 Å². The lowest BCUT2D eigenvalue weighted by Crippen LogP contribution is -2.56. The average Bonchev–Trinajstić information content (AvgIpc) is 2.65. The summed E-state index contributed by atoms with van der Waals surface area (Å²) < 4.78 is 0. The van der Waals surface area contributed by atoms with Crippen LogP contribution in [0.1, 0.15) is 68.1 Å². The lowest BCUT2D eigenvalue weighted by Gasteiger charge is -2.55. The molecule has 1 aromatic rings. The van der Waals surface area contributed by atoms with Gasteiger partial charge in [-0.25, -0.2) is 0 Å². The summed E-state index contributed by atoms with van der Waals surface area (Å²) in [6.45, 7) is 0. The third kappa shape index (κ3) is 3.28. The normalized spacial score (nSPS) is 33.4. The van der Waals surface area contributed by atoms with Crippen LogP contribution in [-0.2, 0) is 28.9 Å². The Morgan fingerprint density at radius 2 is 1.52 bits per heavy atom. The van der Waals surface area contributed by atoms with Gasteiger partial charge in [-0.2, -0.15) is 0 Å². The summed E-state index contributed by atoms with van der Waals surface area (Å²) in [5, 5.41) is 0. The molecular formula is C23H30N2O2. The molecule has 0 aliphatic heterocycles. The fourth-order valence-electron chi connectivity index (χ4n) is 6.77. The van der Waals surface area contributed by atoms with Crippen LogP contribution in [0, 0.1) is 23.2 Å². The molecule has 0 atom stereocenters. The van der Waals surface area contributed by atoms with Crippen LogP contribution in [0.2, 0.25) is 0 Å². The van der Waals surface area contributed by atoms with Crippen LogP contribution in [0.25, 0.3) is 0 Å². The van der Waals surface area contributed by atoms with Gasteiger partial charge < -0.3 is 0 Å². The van der Waals surface area contributed by atoms with Gasteiger partial charge in [0.2, 0.25) is 11.8 Å². The van der Waals surface area contributed by atoms with Crippen LogP contribution in [0.3, 0.4) is 0 Å². The number of fused-ring (bicyclic) bond motifs is 1. The maximum absolute atomic E-state index is 12.9. The minimum atomic E-state index is -0.214. The van der Waals surface area contributed by atoms with E-state index in [4.69, 9.17) is 0 Å². The molecule has 4 heteroatoms. The minimum Gasteiger partial charge on any atom is -0.273 e. The van der Waals surface area contributed by atoms with E-state index in [2.05, 4.69) is 29.1 Å². The standard InChI is InChI=1S/C23H30N2O2/c26-21(11-15-5-6-19-3-1-2-4-20(19)10-15)24-25-22(27)23-12-16-7-17(13-23)9-18(8-16)14-23/h5-6,10,16-18H,1-4,7-9,11-14H2,(H,24,26)(H,25,27). The molecule has 0 saturated heterocycles. The molecule has 1 aromatic carbocycles. The zero-order valence-electron chi connectivity index (χ0n) is 16.1. The van der Waals surface area contributed by atoms with Gasteiger partial charge in [0.15, 0.2) is 0 Å². The Kier molecular flexibility index (Phi) is 4.25. The third-order valence-electron chi connectivity index (χ3n) is 7.61. The van der Waals surface area contributed by atoms with Crippen LogP contribution in [0.5, 0.6) is 0 Å². The van der Waals surface area contributed by atoms with Crippen molar-refractivity contribution in [1.82, 2.24) is 10.9 Å². The molecule has 4 bridgehead atoms. The van der Waals surface area contributed by atoms with Crippen molar-refractivity contribution >= 4 is 11.8 Å². The highest BCUT2D eigenvalue weighted by Gasteiger charge is 2.54. The van der Waals surface area contributed by atoms with E-state index in [9.17, 15) is 9.59 Å². The number of hydrazine groups is 1. The minimum absolute atomic E-state index is 0.0559. The van der Waals surface area contributed by atoms with Crippen LogP contribution >= 0.6 is 0 Å². The average molecular weight is 367 g/mol. The lowest BCUT2D eigenvalue weighted by atomic mass is 9.49. The first kappa shape index (κ1) is 17.3. The monoisotopic (exact) mass is 366 g/mol. The first-order valence-electron chi connectivity index (χ1n) is 10.8. The van der Waals surface area contributed by atoms with Gasteiger partial charge in [0, 0.05) is 0 Å². The van der Waals surface area contributed by atoms with E-state index in [1.165, 1.54) is 43.2 Å². The first-order valence-corrected chi connectivity index (χ1v) is 10.8. The molecule has 6 rings (SSSR count). The number of rotatable bonds is 3. The molecule has 5 aliphatic rings. The van der Waals surface area contributed by atoms with E-state index in [1.54, 1.807) is 0 Å². The van der Waals surface area contributed by atoms with Gasteiger partial charge in [0.25, 0.3) is 0 Å². The number of hydrogen-bond donors (Lipinski definition) is 2. The number of hydrogen-bond acceptors (Lipinski definition) is 2. The second kappa shape index (κ2) is 6.65. The lowest BCUT2D eigenvalue weighted by molar-refractivity contribution is -0.148. The van der Waals surface area contributed by atoms with Crippen molar-refractivity contribution in [3.05, 3.63) is 34.9 Å². The van der Waals surface area contributed by atoms with E-state index in [1.807, 2.05) is 0 Å². The Morgan fingerprint density at radius 1 is 0.889 bits per heavy atom. The quantitative estimate of drug-likeness (QED) is 0.805. The van der Waals surface area contributed by atoms with Crippen molar-refractivity contribution in [3.8, 4) is 0 Å². The van der Waals surface area contributed by atoms with Crippen LogP contribution in [0.4, 0.5) is 0 Å². The number of benzene rings is 1. The Balaban J connectivity index is 1.18. The van der Waals surface area contributed by atoms with Crippen molar-refractivity contribution in [2.45, 2.75) is 70.6 Å². The van der Waals surface area contributed by atoms with Crippen LogP contribution in [0.15, 0.2) is 18.2 Å². The molecule has 5 aliphatic carbocycles. The zero-order chi connectivity index (χ0) is 18.4. The number of carbonyl (C=O) groups excluding carboxylic acids is 2. The Bertz CT molecular complexity index is 734. The number of amides is 2. The SMILES string of the molecule is O=C(Cc1ccc2c(c1)CCCC2)NNC(=O)C12CC3CC(CC(C3)C1)C2. The largest absolute Gasteiger partial charge is 0.273 e. The molecule has 0 unspecified atom stereocenters. The highest BCUT2D eigenvalue weighted by Crippen LogP contribution is 2.60. The molecule has 2 N–H and O–H groups in total. The van der Waals surface area contributed by atoms with E-state index >= 15 is 0 Å². The van der Waals surface area contributed by atoms with Crippen LogP contribution in [-0.4, -0.2) is 11.8 Å². The maximum atomic E-state index is 12.9. The predicted molar refractivity (Wildman–Crippen MR) is 104 cm³/mol. The third-order valence-corrected chi connectivity index (χ3v) is 7.61. The number of carbonyl (C=O) groups is 2. The molecule has 0 aromatic heterocycles. The van der Waals surface area contributed by atoms with Crippen LogP contribution < -0.4 is 10.9 Å². The van der Waals surface area contributed by atoms with E-state index in [0.717, 1.165) is 55.4 Å². The molecule has 0 heterocycles. The highest BCUT2D eigenvalue weighted by molar-refractivity contribution is 5.86. The molecular weight excluding hydrogens is 336 g/mol.